The van der Waals surface area contributed by atoms with E-state index in [4.69, 9.17) is 5.11 Å². The van der Waals surface area contributed by atoms with Crippen LogP contribution in [0.4, 0.5) is 5.69 Å². The molecule has 18 heavy (non-hydrogen) atoms. The minimum Gasteiger partial charge on any atom is -0.481 e. The van der Waals surface area contributed by atoms with Crippen LogP contribution in [0.2, 0.25) is 0 Å². The van der Waals surface area contributed by atoms with Crippen LogP contribution in [0.3, 0.4) is 0 Å². The number of aryl methyl sites for hydroxylation is 1. The lowest BCUT2D eigenvalue weighted by atomic mass is 9.94. The van der Waals surface area contributed by atoms with Crippen LogP contribution in [0.5, 0.6) is 0 Å². The zero-order valence-corrected chi connectivity index (χ0v) is 11.3. The van der Waals surface area contributed by atoms with Crippen molar-refractivity contribution in [3.63, 3.8) is 0 Å². The first-order valence-electron chi connectivity index (χ1n) is 6.35. The molecule has 0 aliphatic rings. The van der Waals surface area contributed by atoms with Gasteiger partial charge < -0.3 is 10.4 Å². The van der Waals surface area contributed by atoms with Crippen molar-refractivity contribution in [3.05, 3.63) is 24.0 Å². The zero-order valence-electron chi connectivity index (χ0n) is 11.3. The van der Waals surface area contributed by atoms with Crippen LogP contribution in [-0.2, 0) is 4.79 Å². The summed E-state index contributed by atoms with van der Waals surface area (Å²) in [7, 11) is 0. The lowest BCUT2D eigenvalue weighted by Crippen LogP contribution is -2.19. The van der Waals surface area contributed by atoms with Gasteiger partial charge in [-0.25, -0.2) is 0 Å². The van der Waals surface area contributed by atoms with E-state index in [1.165, 1.54) is 0 Å². The molecule has 0 saturated carbocycles. The molecule has 100 valence electrons. The molecule has 4 heteroatoms. The second kappa shape index (κ2) is 6.99. The number of aliphatic carboxylic acids is 1. The first kappa shape index (κ1) is 14.5. The number of nitrogens with zero attached hydrogens (tertiary/aromatic N) is 1. The predicted molar refractivity (Wildman–Crippen MR) is 72.7 cm³/mol. The van der Waals surface area contributed by atoms with Crippen molar-refractivity contribution in [1.82, 2.24) is 4.98 Å². The summed E-state index contributed by atoms with van der Waals surface area (Å²) in [4.78, 5) is 14.9. The van der Waals surface area contributed by atoms with E-state index in [9.17, 15) is 4.79 Å². The topological polar surface area (TPSA) is 62.2 Å². The first-order chi connectivity index (χ1) is 8.47. The van der Waals surface area contributed by atoms with Gasteiger partial charge in [-0.2, -0.15) is 0 Å². The van der Waals surface area contributed by atoms with E-state index in [0.717, 1.165) is 17.8 Å². The number of nitrogens with one attached hydrogen (secondary N) is 1. The summed E-state index contributed by atoms with van der Waals surface area (Å²) in [5.41, 5.74) is 1.96. The molecule has 0 bridgehead atoms. The molecule has 0 fully saturated rings. The maximum absolute atomic E-state index is 10.8. The lowest BCUT2D eigenvalue weighted by Gasteiger charge is -2.18. The molecule has 2 N–H and O–H groups in total. The van der Waals surface area contributed by atoms with Crippen LogP contribution in [-0.4, -0.2) is 22.6 Å². The average molecular weight is 250 g/mol. The smallest absolute Gasteiger partial charge is 0.303 e. The molecule has 0 aromatic carbocycles. The molecule has 0 radical (unpaired) electrons. The highest BCUT2D eigenvalue weighted by atomic mass is 16.4. The summed E-state index contributed by atoms with van der Waals surface area (Å²) in [5, 5.41) is 12.2. The standard InChI is InChI=1S/C14H22N2O2/c1-10(2)6-12(8-14(17)18)9-16-13-4-5-15-11(3)7-13/h4-5,7,10,12H,6,8-9H2,1-3H3,(H,15,16)(H,17,18). The Bertz CT molecular complexity index is 391. The summed E-state index contributed by atoms with van der Waals surface area (Å²) >= 11 is 0. The molecule has 1 aromatic rings. The van der Waals surface area contributed by atoms with Gasteiger partial charge in [0.15, 0.2) is 0 Å². The Morgan fingerprint density at radius 3 is 2.78 bits per heavy atom. The Hall–Kier alpha value is -1.58. The van der Waals surface area contributed by atoms with Gasteiger partial charge >= 0.3 is 5.97 Å². The fourth-order valence-corrected chi connectivity index (χ4v) is 2.07. The number of rotatable bonds is 7. The van der Waals surface area contributed by atoms with E-state index in [0.29, 0.717) is 12.5 Å². The highest BCUT2D eigenvalue weighted by Gasteiger charge is 2.14. The quantitative estimate of drug-likeness (QED) is 0.781. The molecule has 0 saturated heterocycles. The van der Waals surface area contributed by atoms with Gasteiger partial charge in [0.25, 0.3) is 0 Å². The van der Waals surface area contributed by atoms with Crippen molar-refractivity contribution < 1.29 is 9.90 Å². The molecule has 1 atom stereocenters. The van der Waals surface area contributed by atoms with E-state index in [-0.39, 0.29) is 12.3 Å². The SMILES string of the molecule is Cc1cc(NCC(CC(=O)O)CC(C)C)ccn1. The first-order valence-corrected chi connectivity index (χ1v) is 6.35. The fraction of sp³-hybridized carbons (Fsp3) is 0.571. The maximum Gasteiger partial charge on any atom is 0.303 e. The minimum absolute atomic E-state index is 0.163. The molecule has 0 amide bonds. The Balaban J connectivity index is 2.52. The number of carboxylic acid groups (broad SMARTS) is 1. The van der Waals surface area contributed by atoms with Gasteiger partial charge in [0.2, 0.25) is 0 Å². The number of hydrogen-bond donors (Lipinski definition) is 2. The minimum atomic E-state index is -0.728. The monoisotopic (exact) mass is 250 g/mol. The number of hydrogen-bond acceptors (Lipinski definition) is 3. The number of aromatic nitrogens is 1. The Kier molecular flexibility index (Phi) is 5.62. The van der Waals surface area contributed by atoms with Crippen molar-refractivity contribution in [2.24, 2.45) is 11.8 Å². The van der Waals surface area contributed by atoms with Gasteiger partial charge in [0.05, 0.1) is 0 Å². The van der Waals surface area contributed by atoms with Gasteiger partial charge in [-0.1, -0.05) is 13.8 Å². The Morgan fingerprint density at radius 1 is 1.50 bits per heavy atom. The number of carboxylic acids is 1. The van der Waals surface area contributed by atoms with Gasteiger partial charge in [-0.15, -0.1) is 0 Å². The maximum atomic E-state index is 10.8. The number of pyridine rings is 1. The van der Waals surface area contributed by atoms with Crippen molar-refractivity contribution in [3.8, 4) is 0 Å². The molecule has 1 unspecified atom stereocenters. The van der Waals surface area contributed by atoms with Gasteiger partial charge in [-0.05, 0) is 37.3 Å². The summed E-state index contributed by atoms with van der Waals surface area (Å²) in [6, 6.07) is 3.87. The second-order valence-corrected chi connectivity index (χ2v) is 5.16. The summed E-state index contributed by atoms with van der Waals surface area (Å²) in [5.74, 6) is -0.0559. The summed E-state index contributed by atoms with van der Waals surface area (Å²) in [6.45, 7) is 6.86. The van der Waals surface area contributed by atoms with Gasteiger partial charge in [-0.3, -0.25) is 9.78 Å². The van der Waals surface area contributed by atoms with Crippen molar-refractivity contribution in [1.29, 1.82) is 0 Å². The third kappa shape index (κ3) is 5.66. The van der Waals surface area contributed by atoms with E-state index in [1.54, 1.807) is 6.20 Å². The van der Waals surface area contributed by atoms with Crippen LogP contribution in [0, 0.1) is 18.8 Å². The average Bonchev–Trinajstić information content (AvgIpc) is 2.24. The summed E-state index contributed by atoms with van der Waals surface area (Å²) < 4.78 is 0. The highest BCUT2D eigenvalue weighted by Crippen LogP contribution is 2.17. The molecule has 1 aromatic heterocycles. The van der Waals surface area contributed by atoms with Crippen LogP contribution < -0.4 is 5.32 Å². The lowest BCUT2D eigenvalue weighted by molar-refractivity contribution is -0.138. The van der Waals surface area contributed by atoms with Crippen molar-refractivity contribution >= 4 is 11.7 Å². The molecular weight excluding hydrogens is 228 g/mol. The second-order valence-electron chi connectivity index (χ2n) is 5.16. The summed E-state index contributed by atoms with van der Waals surface area (Å²) in [6.07, 6.45) is 2.89. The molecule has 1 heterocycles. The van der Waals surface area contributed by atoms with Crippen LogP contribution in [0.1, 0.15) is 32.4 Å². The normalized spacial score (nSPS) is 12.4. The molecule has 0 aliphatic carbocycles. The zero-order chi connectivity index (χ0) is 13.5. The Morgan fingerprint density at radius 2 is 2.22 bits per heavy atom. The Labute approximate surface area is 108 Å². The van der Waals surface area contributed by atoms with Crippen molar-refractivity contribution in [2.45, 2.75) is 33.6 Å². The van der Waals surface area contributed by atoms with E-state index >= 15 is 0 Å². The van der Waals surface area contributed by atoms with E-state index in [2.05, 4.69) is 24.1 Å². The fourth-order valence-electron chi connectivity index (χ4n) is 2.07. The number of anilines is 1. The van der Waals surface area contributed by atoms with Gasteiger partial charge in [0, 0.05) is 30.5 Å². The third-order valence-electron chi connectivity index (χ3n) is 2.76. The highest BCUT2D eigenvalue weighted by molar-refractivity contribution is 5.67. The number of carbonyl (C=O) groups is 1. The van der Waals surface area contributed by atoms with Gasteiger partial charge in [0.1, 0.15) is 0 Å². The van der Waals surface area contributed by atoms with Crippen LogP contribution in [0.15, 0.2) is 18.3 Å². The van der Waals surface area contributed by atoms with E-state index < -0.39 is 5.97 Å². The van der Waals surface area contributed by atoms with Crippen LogP contribution >= 0.6 is 0 Å². The largest absolute Gasteiger partial charge is 0.481 e. The van der Waals surface area contributed by atoms with E-state index in [1.807, 2.05) is 19.1 Å². The third-order valence-corrected chi connectivity index (χ3v) is 2.76. The molecule has 4 nitrogen and oxygen atoms in total. The van der Waals surface area contributed by atoms with Crippen molar-refractivity contribution in [2.75, 3.05) is 11.9 Å². The van der Waals surface area contributed by atoms with Crippen LogP contribution in [0.25, 0.3) is 0 Å². The molecule has 0 spiro atoms. The molecule has 0 aliphatic heterocycles. The molecule has 1 rings (SSSR count). The molecular formula is C14H22N2O2. The predicted octanol–water partition coefficient (Wildman–Crippen LogP) is 2.94.